The first-order valence-corrected chi connectivity index (χ1v) is 12.3. The van der Waals surface area contributed by atoms with Crippen LogP contribution in [0.15, 0.2) is 77.4 Å². The molecule has 3 aromatic rings. The lowest BCUT2D eigenvalue weighted by molar-refractivity contribution is -0.152. The van der Waals surface area contributed by atoms with Crippen molar-refractivity contribution in [3.63, 3.8) is 0 Å². The summed E-state index contributed by atoms with van der Waals surface area (Å²) < 4.78 is 41.7. The highest BCUT2D eigenvalue weighted by Gasteiger charge is 2.29. The molecule has 5 nitrogen and oxygen atoms in total. The van der Waals surface area contributed by atoms with Gasteiger partial charge in [0.05, 0.1) is 18.3 Å². The number of aliphatic carboxylic acids is 1. The number of para-hydroxylation sites is 1. The molecule has 1 aromatic heterocycles. The smallest absolute Gasteiger partial charge is 0.412 e. The lowest BCUT2D eigenvalue weighted by Crippen LogP contribution is -2.37. The number of nitrogens with zero attached hydrogens (tertiary/aromatic N) is 2. The minimum absolute atomic E-state index is 0.544. The molecular weight excluding hydrogens is 489 g/mol. The molecule has 9 heteroatoms. The number of halogens is 3. The lowest BCUT2D eigenvalue weighted by atomic mass is 10.1. The number of hydrogen-bond donors (Lipinski definition) is 1. The predicted octanol–water partition coefficient (Wildman–Crippen LogP) is 7.66. The molecule has 1 heterocycles. The van der Waals surface area contributed by atoms with Crippen LogP contribution in [-0.4, -0.2) is 32.6 Å². The Hall–Kier alpha value is -3.20. The number of ether oxygens (including phenoxy) is 1. The second kappa shape index (κ2) is 12.7. The molecule has 1 N–H and O–H groups in total. The van der Waals surface area contributed by atoms with Gasteiger partial charge in [0, 0.05) is 21.6 Å². The number of alkyl halides is 3. The average molecular weight is 521 g/mol. The van der Waals surface area contributed by atoms with Crippen LogP contribution in [0.3, 0.4) is 0 Å². The van der Waals surface area contributed by atoms with Crippen molar-refractivity contribution in [2.45, 2.75) is 63.6 Å². The van der Waals surface area contributed by atoms with Crippen molar-refractivity contribution in [2.24, 2.45) is 0 Å². The number of carbonyl (C=O) groups is 1. The van der Waals surface area contributed by atoms with Gasteiger partial charge < -0.3 is 9.84 Å². The second-order valence-electron chi connectivity index (χ2n) is 8.40. The third kappa shape index (κ3) is 8.19. The van der Waals surface area contributed by atoms with E-state index in [1.807, 2.05) is 48.1 Å². The van der Waals surface area contributed by atoms with Gasteiger partial charge in [-0.1, -0.05) is 36.4 Å². The molecule has 194 valence electrons. The SMILES string of the molecule is C/C=C(\C)C(F)(F)F.C/C=C\Cn1ncc2cccc(CSc3ccc(OC(C)(C)C(=O)O)cc3)c21. The third-order valence-electron chi connectivity index (χ3n) is 5.25. The first kappa shape index (κ1) is 29.0. The van der Waals surface area contributed by atoms with Gasteiger partial charge in [-0.15, -0.1) is 11.8 Å². The predicted molar refractivity (Wildman–Crippen MR) is 138 cm³/mol. The molecule has 0 aliphatic rings. The molecule has 0 saturated heterocycles. The molecule has 0 aliphatic heterocycles. The molecule has 0 unspecified atom stereocenters. The fraction of sp³-hybridized carbons (Fsp3) is 0.333. The van der Waals surface area contributed by atoms with Crippen LogP contribution in [0, 0.1) is 0 Å². The summed E-state index contributed by atoms with van der Waals surface area (Å²) in [5.74, 6) is 0.372. The van der Waals surface area contributed by atoms with E-state index < -0.39 is 23.3 Å². The highest BCUT2D eigenvalue weighted by molar-refractivity contribution is 7.98. The maximum Gasteiger partial charge on any atom is 0.412 e. The molecule has 2 aromatic carbocycles. The number of hydrogen-bond acceptors (Lipinski definition) is 4. The zero-order valence-electron chi connectivity index (χ0n) is 21.0. The van der Waals surface area contributed by atoms with Gasteiger partial charge in [-0.05, 0) is 64.4 Å². The number of carboxylic acids is 1. The van der Waals surface area contributed by atoms with Gasteiger partial charge in [0.25, 0.3) is 0 Å². The van der Waals surface area contributed by atoms with Crippen molar-refractivity contribution in [1.29, 1.82) is 0 Å². The van der Waals surface area contributed by atoms with Crippen molar-refractivity contribution < 1.29 is 27.8 Å². The van der Waals surface area contributed by atoms with Crippen molar-refractivity contribution >= 4 is 28.6 Å². The summed E-state index contributed by atoms with van der Waals surface area (Å²) in [5, 5.41) is 14.8. The van der Waals surface area contributed by atoms with Gasteiger partial charge in [0.2, 0.25) is 0 Å². The normalized spacial score (nSPS) is 12.5. The number of thioether (sulfide) groups is 1. The Bertz CT molecular complexity index is 1210. The lowest BCUT2D eigenvalue weighted by Gasteiger charge is -2.21. The van der Waals surface area contributed by atoms with Gasteiger partial charge >= 0.3 is 12.1 Å². The molecule has 3 rings (SSSR count). The summed E-state index contributed by atoms with van der Waals surface area (Å²) in [5.41, 5.74) is 0.598. The Labute approximate surface area is 213 Å². The van der Waals surface area contributed by atoms with Crippen LogP contribution in [0.25, 0.3) is 10.9 Å². The average Bonchev–Trinajstić information content (AvgIpc) is 3.25. The summed E-state index contributed by atoms with van der Waals surface area (Å²) >= 11 is 1.73. The van der Waals surface area contributed by atoms with E-state index in [0.29, 0.717) is 5.75 Å². The molecule has 0 amide bonds. The first-order chi connectivity index (χ1) is 16.9. The molecule has 36 heavy (non-hydrogen) atoms. The van der Waals surface area contributed by atoms with E-state index in [1.165, 1.54) is 26.3 Å². The summed E-state index contributed by atoms with van der Waals surface area (Å²) in [4.78, 5) is 12.3. The molecule has 0 radical (unpaired) electrons. The van der Waals surface area contributed by atoms with E-state index >= 15 is 0 Å². The summed E-state index contributed by atoms with van der Waals surface area (Å²) in [7, 11) is 0. The number of allylic oxidation sites excluding steroid dienone is 4. The molecule has 0 spiro atoms. The van der Waals surface area contributed by atoms with E-state index in [0.717, 1.165) is 41.1 Å². The number of carboxylic acid groups (broad SMARTS) is 1. The minimum Gasteiger partial charge on any atom is -0.478 e. The van der Waals surface area contributed by atoms with Crippen molar-refractivity contribution in [1.82, 2.24) is 9.78 Å². The van der Waals surface area contributed by atoms with E-state index in [2.05, 4.69) is 29.4 Å². The minimum atomic E-state index is -4.13. The van der Waals surface area contributed by atoms with Crippen molar-refractivity contribution in [3.8, 4) is 5.75 Å². The van der Waals surface area contributed by atoms with Gasteiger partial charge in [0.1, 0.15) is 5.75 Å². The van der Waals surface area contributed by atoms with Crippen LogP contribution >= 0.6 is 11.8 Å². The van der Waals surface area contributed by atoms with Gasteiger partial charge in [0.15, 0.2) is 5.60 Å². The maximum absolute atomic E-state index is 11.4. The van der Waals surface area contributed by atoms with Crippen LogP contribution in [0.1, 0.15) is 40.2 Å². The maximum atomic E-state index is 11.4. The molecular formula is C27H31F3N2O3S. The third-order valence-corrected chi connectivity index (χ3v) is 6.31. The summed E-state index contributed by atoms with van der Waals surface area (Å²) in [6, 6.07) is 13.8. The fourth-order valence-corrected chi connectivity index (χ4v) is 3.83. The molecule has 0 fully saturated rings. The van der Waals surface area contributed by atoms with E-state index in [-0.39, 0.29) is 0 Å². The van der Waals surface area contributed by atoms with Crippen LogP contribution in [0.5, 0.6) is 5.75 Å². The van der Waals surface area contributed by atoms with E-state index in [4.69, 9.17) is 4.74 Å². The Morgan fingerprint density at radius 3 is 2.33 bits per heavy atom. The zero-order chi connectivity index (χ0) is 26.9. The Kier molecular flexibility index (Phi) is 10.2. The van der Waals surface area contributed by atoms with Crippen LogP contribution < -0.4 is 4.74 Å². The van der Waals surface area contributed by atoms with E-state index in [1.54, 1.807) is 11.8 Å². The monoisotopic (exact) mass is 520 g/mol. The zero-order valence-corrected chi connectivity index (χ0v) is 21.8. The molecule has 0 aliphatic carbocycles. The summed E-state index contributed by atoms with van der Waals surface area (Å²) in [6.07, 6.45) is 2.94. The number of rotatable bonds is 8. The highest BCUT2D eigenvalue weighted by Crippen LogP contribution is 2.29. The van der Waals surface area contributed by atoms with Crippen LogP contribution in [0.2, 0.25) is 0 Å². The molecule has 0 saturated carbocycles. The Morgan fingerprint density at radius 1 is 1.14 bits per heavy atom. The Morgan fingerprint density at radius 2 is 1.81 bits per heavy atom. The number of benzene rings is 2. The topological polar surface area (TPSA) is 64.4 Å². The van der Waals surface area contributed by atoms with Crippen molar-refractivity contribution in [3.05, 3.63) is 78.0 Å². The largest absolute Gasteiger partial charge is 0.478 e. The van der Waals surface area contributed by atoms with E-state index in [9.17, 15) is 23.1 Å². The first-order valence-electron chi connectivity index (χ1n) is 11.3. The molecule has 0 bridgehead atoms. The van der Waals surface area contributed by atoms with Gasteiger partial charge in [-0.25, -0.2) is 4.79 Å². The number of aromatic nitrogens is 2. The number of fused-ring (bicyclic) bond motifs is 1. The Balaban J connectivity index is 0.000000493. The van der Waals surface area contributed by atoms with Gasteiger partial charge in [-0.3, -0.25) is 4.68 Å². The van der Waals surface area contributed by atoms with Gasteiger partial charge in [-0.2, -0.15) is 18.3 Å². The van der Waals surface area contributed by atoms with Crippen LogP contribution in [0.4, 0.5) is 13.2 Å². The standard InChI is InChI=1S/C22H24N2O3S.C5H7F3/c1-4-5-13-24-20-16(14-23-24)7-6-8-17(20)15-28-19-11-9-18(10-12-19)27-22(2,3)21(25)26;1-3-4(2)5(6,7)8/h4-12,14H,13,15H2,1-3H3,(H,25,26);3H,1-2H3/b5-4-;4-3+. The fourth-order valence-electron chi connectivity index (χ4n) is 2.95. The highest BCUT2D eigenvalue weighted by atomic mass is 32.2. The summed E-state index contributed by atoms with van der Waals surface area (Å²) in [6.45, 7) is 8.24. The van der Waals surface area contributed by atoms with Crippen LogP contribution in [-0.2, 0) is 17.1 Å². The second-order valence-corrected chi connectivity index (χ2v) is 9.45. The molecule has 0 atom stereocenters. The quantitative estimate of drug-likeness (QED) is 0.244. The van der Waals surface area contributed by atoms with Crippen molar-refractivity contribution in [2.75, 3.05) is 0 Å².